The van der Waals surface area contributed by atoms with Crippen LogP contribution >= 0.6 is 0 Å². The van der Waals surface area contributed by atoms with Gasteiger partial charge < -0.3 is 9.32 Å². The standard InChI is InChI=1S/C56H41NO/c1-55(2)47-24-14-12-20-39(47)41-28-26-35(30-49(41)55)57(36-27-29-42-40-21-13-15-25-48(40)56(3,4)50(42)31-36)51-33-52-46(32-45(51)34-16-6-5-7-17-34)53-43-22-10-8-18-37(43)38-19-9-11-23-44(38)54(53)58-52/h5-33H,1-4H3/i5D,6D,7D,16D,17D. The van der Waals surface area contributed by atoms with Crippen LogP contribution in [-0.4, -0.2) is 0 Å². The van der Waals surface area contributed by atoms with Crippen molar-refractivity contribution in [2.75, 3.05) is 4.90 Å². The maximum absolute atomic E-state index is 9.43. The topological polar surface area (TPSA) is 16.4 Å². The summed E-state index contributed by atoms with van der Waals surface area (Å²) >= 11 is 0. The number of nitrogens with zero attached hydrogens (tertiary/aromatic N) is 1. The Hall–Kier alpha value is -6.90. The number of anilines is 3. The monoisotopic (exact) mass is 748 g/mol. The smallest absolute Gasteiger partial charge is 0.143 e. The van der Waals surface area contributed by atoms with Crippen LogP contribution in [0.3, 0.4) is 0 Å². The van der Waals surface area contributed by atoms with Gasteiger partial charge in [-0.05, 0) is 96.6 Å². The predicted octanol–water partition coefficient (Wildman–Crippen LogP) is 15.6. The molecule has 2 aliphatic rings. The normalized spacial score (nSPS) is 15.7. The fourth-order valence-electron chi connectivity index (χ4n) is 10.3. The van der Waals surface area contributed by atoms with Crippen LogP contribution in [0, 0.1) is 0 Å². The third kappa shape index (κ3) is 4.49. The molecule has 0 unspecified atom stereocenters. The van der Waals surface area contributed by atoms with Crippen LogP contribution in [0.5, 0.6) is 0 Å². The first kappa shape index (κ1) is 28.5. The van der Waals surface area contributed by atoms with E-state index in [0.717, 1.165) is 49.3 Å². The molecule has 0 amide bonds. The molecule has 2 nitrogen and oxygen atoms in total. The summed E-state index contributed by atoms with van der Waals surface area (Å²) in [6.07, 6.45) is 0. The van der Waals surface area contributed by atoms with E-state index in [1.807, 2.05) is 36.4 Å². The van der Waals surface area contributed by atoms with Crippen LogP contribution in [0.1, 0.15) is 56.8 Å². The second-order valence-electron chi connectivity index (χ2n) is 16.9. The van der Waals surface area contributed by atoms with Gasteiger partial charge in [-0.3, -0.25) is 0 Å². The average molecular weight is 749 g/mol. The molecule has 0 atom stereocenters. The van der Waals surface area contributed by atoms with E-state index in [1.165, 1.54) is 44.5 Å². The fourth-order valence-corrected chi connectivity index (χ4v) is 10.3. The third-order valence-electron chi connectivity index (χ3n) is 13.1. The van der Waals surface area contributed by atoms with Crippen LogP contribution in [0.25, 0.3) is 76.9 Å². The zero-order valence-corrected chi connectivity index (χ0v) is 32.7. The van der Waals surface area contributed by atoms with E-state index in [4.69, 9.17) is 8.53 Å². The van der Waals surface area contributed by atoms with E-state index in [0.29, 0.717) is 16.8 Å². The lowest BCUT2D eigenvalue weighted by atomic mass is 9.82. The van der Waals surface area contributed by atoms with E-state index in [1.54, 1.807) is 0 Å². The molecule has 0 aliphatic heterocycles. The zero-order valence-electron chi connectivity index (χ0n) is 37.7. The first-order valence-corrected chi connectivity index (χ1v) is 20.0. The van der Waals surface area contributed by atoms with Crippen molar-refractivity contribution in [1.29, 1.82) is 0 Å². The van der Waals surface area contributed by atoms with Crippen molar-refractivity contribution < 1.29 is 11.3 Å². The van der Waals surface area contributed by atoms with E-state index in [-0.39, 0.29) is 40.6 Å². The van der Waals surface area contributed by atoms with Gasteiger partial charge in [0.25, 0.3) is 0 Å². The van der Waals surface area contributed by atoms with Crippen LogP contribution in [-0.2, 0) is 10.8 Å². The molecule has 58 heavy (non-hydrogen) atoms. The lowest BCUT2D eigenvalue weighted by Gasteiger charge is -2.31. The van der Waals surface area contributed by atoms with Crippen LogP contribution in [0.4, 0.5) is 17.1 Å². The van der Waals surface area contributed by atoms with Gasteiger partial charge in [0.05, 0.1) is 12.5 Å². The Morgan fingerprint density at radius 1 is 0.448 bits per heavy atom. The molecule has 10 aromatic rings. The van der Waals surface area contributed by atoms with E-state index in [2.05, 4.69) is 142 Å². The number of rotatable bonds is 4. The summed E-state index contributed by atoms with van der Waals surface area (Å²) in [6.45, 7) is 9.09. The van der Waals surface area contributed by atoms with Crippen molar-refractivity contribution in [3.8, 4) is 33.4 Å². The molecule has 276 valence electrons. The predicted molar refractivity (Wildman–Crippen MR) is 244 cm³/mol. The molecule has 12 rings (SSSR count). The minimum Gasteiger partial charge on any atom is -0.455 e. The molecule has 0 N–H and O–H groups in total. The Kier molecular flexibility index (Phi) is 5.80. The van der Waals surface area contributed by atoms with E-state index in [9.17, 15) is 2.74 Å². The highest BCUT2D eigenvalue weighted by atomic mass is 16.3. The molecular weight excluding hydrogens is 703 g/mol. The summed E-state index contributed by atoms with van der Waals surface area (Å²) in [5, 5.41) is 5.87. The van der Waals surface area contributed by atoms with Gasteiger partial charge in [-0.15, -0.1) is 0 Å². The van der Waals surface area contributed by atoms with Crippen LogP contribution in [0.2, 0.25) is 0 Å². The van der Waals surface area contributed by atoms with Gasteiger partial charge in [0.15, 0.2) is 0 Å². The van der Waals surface area contributed by atoms with E-state index < -0.39 is 6.04 Å². The van der Waals surface area contributed by atoms with Gasteiger partial charge in [-0.1, -0.05) is 167 Å². The molecule has 2 heteroatoms. The lowest BCUT2D eigenvalue weighted by Crippen LogP contribution is -2.18. The molecule has 0 radical (unpaired) electrons. The third-order valence-corrected chi connectivity index (χ3v) is 13.1. The zero-order chi connectivity index (χ0) is 43.3. The molecule has 1 heterocycles. The molecular formula is C56H41NO. The average Bonchev–Trinajstić information content (AvgIpc) is 3.87. The Balaban J connectivity index is 1.22. The Labute approximate surface area is 345 Å². The minimum absolute atomic E-state index is 0.130. The molecule has 0 saturated carbocycles. The highest BCUT2D eigenvalue weighted by molar-refractivity contribution is 6.30. The molecule has 9 aromatic carbocycles. The molecule has 0 saturated heterocycles. The SMILES string of the molecule is [2H]c1c([2H])c([2H])c(-c2cc3c(cc2N(c2ccc4c(c2)C(C)(C)c2ccccc2-4)c2ccc4c(c2)C(C)(C)c2ccccc2-4)oc2c4ccccc4c4ccccc4c32)c([2H])c1[2H]. The largest absolute Gasteiger partial charge is 0.455 e. The summed E-state index contributed by atoms with van der Waals surface area (Å²) in [6, 6.07) is 49.4. The molecule has 1 aromatic heterocycles. The van der Waals surface area contributed by atoms with Gasteiger partial charge in [-0.25, -0.2) is 0 Å². The molecule has 0 fully saturated rings. The summed E-state index contributed by atoms with van der Waals surface area (Å²) in [5.74, 6) is 0. The highest BCUT2D eigenvalue weighted by Crippen LogP contribution is 2.54. The lowest BCUT2D eigenvalue weighted by molar-refractivity contribution is 0.660. The van der Waals surface area contributed by atoms with Gasteiger partial charge >= 0.3 is 0 Å². The van der Waals surface area contributed by atoms with Crippen molar-refractivity contribution in [1.82, 2.24) is 0 Å². The summed E-state index contributed by atoms with van der Waals surface area (Å²) < 4.78 is 52.3. The number of benzene rings is 9. The van der Waals surface area contributed by atoms with Crippen molar-refractivity contribution in [2.45, 2.75) is 38.5 Å². The minimum atomic E-state index is -0.430. The summed E-state index contributed by atoms with van der Waals surface area (Å²) in [4.78, 5) is 2.21. The van der Waals surface area contributed by atoms with Gasteiger partial charge in [0, 0.05) is 50.0 Å². The van der Waals surface area contributed by atoms with Crippen LogP contribution < -0.4 is 4.90 Å². The maximum Gasteiger partial charge on any atom is 0.143 e. The quantitative estimate of drug-likeness (QED) is 0.167. The Morgan fingerprint density at radius 3 is 1.55 bits per heavy atom. The molecule has 0 bridgehead atoms. The number of fused-ring (bicyclic) bond motifs is 14. The highest BCUT2D eigenvalue weighted by Gasteiger charge is 2.38. The summed E-state index contributed by atoms with van der Waals surface area (Å²) in [5.41, 5.74) is 13.5. The van der Waals surface area contributed by atoms with Crippen molar-refractivity contribution in [2.24, 2.45) is 0 Å². The van der Waals surface area contributed by atoms with Gasteiger partial charge in [0.2, 0.25) is 0 Å². The summed E-state index contributed by atoms with van der Waals surface area (Å²) in [7, 11) is 0. The van der Waals surface area contributed by atoms with Gasteiger partial charge in [0.1, 0.15) is 11.2 Å². The second-order valence-corrected chi connectivity index (χ2v) is 16.9. The number of hydrogen-bond donors (Lipinski definition) is 0. The van der Waals surface area contributed by atoms with Crippen molar-refractivity contribution in [3.05, 3.63) is 198 Å². The molecule has 2 aliphatic carbocycles. The van der Waals surface area contributed by atoms with E-state index >= 15 is 0 Å². The van der Waals surface area contributed by atoms with Crippen molar-refractivity contribution >= 4 is 60.5 Å². The maximum atomic E-state index is 9.43. The van der Waals surface area contributed by atoms with Crippen molar-refractivity contribution in [3.63, 3.8) is 0 Å². The second kappa shape index (κ2) is 11.8. The number of hydrogen-bond acceptors (Lipinski definition) is 2. The van der Waals surface area contributed by atoms with Crippen LogP contribution in [0.15, 0.2) is 180 Å². The Morgan fingerprint density at radius 2 is 0.948 bits per heavy atom. The first-order valence-electron chi connectivity index (χ1n) is 22.5. The number of furan rings is 1. The Bertz CT molecular complexity index is 3520. The first-order chi connectivity index (χ1) is 30.4. The molecule has 0 spiro atoms. The fraction of sp³-hybridized carbons (Fsp3) is 0.107. The van der Waals surface area contributed by atoms with Gasteiger partial charge in [-0.2, -0.15) is 0 Å².